The minimum absolute atomic E-state index is 0.0226. The van der Waals surface area contributed by atoms with Crippen molar-refractivity contribution in [3.8, 4) is 11.4 Å². The SMILES string of the molecule is COc1cc([N+](=O)[O-])ccc1-n1c(C)cc([C@@H]2[C@H](c3ccccn3)NC(=S)N2c2ccc(Br)c(C)c2)c1C. The van der Waals surface area contributed by atoms with Crippen molar-refractivity contribution >= 4 is 44.6 Å². The van der Waals surface area contributed by atoms with Crippen molar-refractivity contribution in [2.45, 2.75) is 32.9 Å². The topological polar surface area (TPSA) is 85.5 Å². The van der Waals surface area contributed by atoms with Crippen molar-refractivity contribution < 1.29 is 9.66 Å². The molecule has 0 aliphatic carbocycles. The molecule has 0 amide bonds. The molecule has 1 aliphatic rings. The molecule has 2 aromatic carbocycles. The number of nitrogens with one attached hydrogen (secondary N) is 1. The number of thiocarbonyl (C=S) groups is 1. The molecule has 38 heavy (non-hydrogen) atoms. The summed E-state index contributed by atoms with van der Waals surface area (Å²) in [5.74, 6) is 0.425. The van der Waals surface area contributed by atoms with Crippen LogP contribution in [-0.4, -0.2) is 26.7 Å². The van der Waals surface area contributed by atoms with E-state index in [9.17, 15) is 10.1 Å². The highest BCUT2D eigenvalue weighted by molar-refractivity contribution is 9.10. The number of nitro groups is 1. The Morgan fingerprint density at radius 3 is 2.55 bits per heavy atom. The molecule has 194 valence electrons. The lowest BCUT2D eigenvalue weighted by Gasteiger charge is -2.28. The molecule has 8 nitrogen and oxygen atoms in total. The first-order chi connectivity index (χ1) is 18.2. The Labute approximate surface area is 234 Å². The number of ether oxygens (including phenoxy) is 1. The number of benzene rings is 2. The second-order valence-corrected chi connectivity index (χ2v) is 10.4. The van der Waals surface area contributed by atoms with Crippen molar-refractivity contribution in [1.82, 2.24) is 14.9 Å². The number of methoxy groups -OCH3 is 1. The minimum atomic E-state index is -0.423. The Hall–Kier alpha value is -3.76. The zero-order valence-corrected chi connectivity index (χ0v) is 23.7. The molecule has 1 saturated heterocycles. The van der Waals surface area contributed by atoms with Crippen LogP contribution < -0.4 is 15.0 Å². The molecule has 10 heteroatoms. The summed E-state index contributed by atoms with van der Waals surface area (Å²) in [6, 6.07) is 18.5. The van der Waals surface area contributed by atoms with E-state index in [2.05, 4.69) is 60.8 Å². The molecule has 1 N–H and O–H groups in total. The van der Waals surface area contributed by atoms with Crippen molar-refractivity contribution in [3.05, 3.63) is 110 Å². The average molecular weight is 593 g/mol. The Kier molecular flexibility index (Phi) is 6.93. The normalized spacial score (nSPS) is 17.0. The molecular formula is C28H26BrN5O3S. The Bertz CT molecular complexity index is 1560. The molecule has 0 unspecified atom stereocenters. The number of rotatable bonds is 6. The largest absolute Gasteiger partial charge is 0.494 e. The number of hydrogen-bond donors (Lipinski definition) is 1. The van der Waals surface area contributed by atoms with Gasteiger partial charge in [0.2, 0.25) is 0 Å². The smallest absolute Gasteiger partial charge is 0.273 e. The van der Waals surface area contributed by atoms with E-state index in [1.54, 1.807) is 12.3 Å². The Morgan fingerprint density at radius 1 is 1.11 bits per heavy atom. The number of nitrogens with zero attached hydrogens (tertiary/aromatic N) is 4. The lowest BCUT2D eigenvalue weighted by atomic mass is 9.96. The maximum atomic E-state index is 11.4. The molecule has 1 aliphatic heterocycles. The van der Waals surface area contributed by atoms with E-state index in [1.165, 1.54) is 19.2 Å². The van der Waals surface area contributed by atoms with Gasteiger partial charge < -0.3 is 19.5 Å². The molecule has 4 aromatic rings. The maximum Gasteiger partial charge on any atom is 0.273 e. The third kappa shape index (κ3) is 4.43. The van der Waals surface area contributed by atoms with E-state index in [1.807, 2.05) is 38.1 Å². The molecular weight excluding hydrogens is 566 g/mol. The van der Waals surface area contributed by atoms with Crippen molar-refractivity contribution in [1.29, 1.82) is 0 Å². The summed E-state index contributed by atoms with van der Waals surface area (Å²) in [4.78, 5) is 17.7. The van der Waals surface area contributed by atoms with Gasteiger partial charge in [-0.3, -0.25) is 15.1 Å². The van der Waals surface area contributed by atoms with Gasteiger partial charge in [-0.2, -0.15) is 0 Å². The highest BCUT2D eigenvalue weighted by Gasteiger charge is 2.42. The van der Waals surface area contributed by atoms with Gasteiger partial charge in [0.1, 0.15) is 5.75 Å². The fraction of sp³-hybridized carbons (Fsp3) is 0.214. The molecule has 0 spiro atoms. The molecule has 2 atom stereocenters. The predicted molar refractivity (Wildman–Crippen MR) is 155 cm³/mol. The van der Waals surface area contributed by atoms with E-state index < -0.39 is 4.92 Å². The second-order valence-electron chi connectivity index (χ2n) is 9.21. The standard InChI is InChI=1S/C28H26BrN5O3S/c1-16-13-19(8-10-22(16)29)33-27(26(31-28(33)38)23-7-5-6-12-30-23)21-14-17(2)32(18(21)3)24-11-9-20(34(35)36)15-25(24)37-4/h5-15,26-27H,1-4H3,(H,31,38)/t26-,27+/m0/s1. The minimum Gasteiger partial charge on any atom is -0.494 e. The summed E-state index contributed by atoms with van der Waals surface area (Å²) in [5, 5.41) is 15.5. The molecule has 0 saturated carbocycles. The van der Waals surface area contributed by atoms with Crippen LogP contribution in [0.4, 0.5) is 11.4 Å². The fourth-order valence-corrected chi connectivity index (χ4v) is 5.74. The van der Waals surface area contributed by atoms with E-state index in [0.717, 1.165) is 44.1 Å². The molecule has 5 rings (SSSR count). The van der Waals surface area contributed by atoms with Crippen LogP contribution in [0.15, 0.2) is 71.3 Å². The van der Waals surface area contributed by atoms with Crippen molar-refractivity contribution in [2.75, 3.05) is 12.0 Å². The maximum absolute atomic E-state index is 11.4. The van der Waals surface area contributed by atoms with E-state index >= 15 is 0 Å². The first-order valence-corrected chi connectivity index (χ1v) is 13.2. The van der Waals surface area contributed by atoms with Crippen molar-refractivity contribution in [3.63, 3.8) is 0 Å². The number of hydrogen-bond acceptors (Lipinski definition) is 5. The number of halogens is 1. The summed E-state index contributed by atoms with van der Waals surface area (Å²) < 4.78 is 8.67. The average Bonchev–Trinajstić information content (AvgIpc) is 3.40. The summed E-state index contributed by atoms with van der Waals surface area (Å²) in [7, 11) is 1.52. The number of non-ortho nitro benzene ring substituents is 1. The molecule has 3 heterocycles. The third-order valence-corrected chi connectivity index (χ3v) is 8.13. The molecule has 0 bridgehead atoms. The van der Waals surface area contributed by atoms with Gasteiger partial charge in [-0.05, 0) is 86.6 Å². The zero-order chi connectivity index (χ0) is 27.1. The van der Waals surface area contributed by atoms with Gasteiger partial charge in [0.25, 0.3) is 5.69 Å². The van der Waals surface area contributed by atoms with E-state index in [0.29, 0.717) is 10.9 Å². The lowest BCUT2D eigenvalue weighted by molar-refractivity contribution is -0.384. The van der Waals surface area contributed by atoms with Crippen LogP contribution in [0.25, 0.3) is 5.69 Å². The molecule has 1 fully saturated rings. The van der Waals surface area contributed by atoms with Crippen LogP contribution in [0.2, 0.25) is 0 Å². The number of aromatic nitrogens is 2. The van der Waals surface area contributed by atoms with Crippen LogP contribution in [0.3, 0.4) is 0 Å². The van der Waals surface area contributed by atoms with Crippen LogP contribution in [0, 0.1) is 30.9 Å². The van der Waals surface area contributed by atoms with Gasteiger partial charge in [0, 0.05) is 33.8 Å². The van der Waals surface area contributed by atoms with Crippen LogP contribution >= 0.6 is 28.1 Å². The first kappa shape index (κ1) is 25.9. The fourth-order valence-electron chi connectivity index (χ4n) is 5.15. The molecule has 0 radical (unpaired) electrons. The van der Waals surface area contributed by atoms with Gasteiger partial charge >= 0.3 is 0 Å². The quantitative estimate of drug-likeness (QED) is 0.152. The van der Waals surface area contributed by atoms with Crippen LogP contribution in [0.5, 0.6) is 5.75 Å². The lowest BCUT2D eigenvalue weighted by Crippen LogP contribution is -2.29. The highest BCUT2D eigenvalue weighted by Crippen LogP contribution is 2.45. The highest BCUT2D eigenvalue weighted by atomic mass is 79.9. The number of anilines is 1. The zero-order valence-electron chi connectivity index (χ0n) is 21.3. The summed E-state index contributed by atoms with van der Waals surface area (Å²) in [6.45, 7) is 6.12. The second kappa shape index (κ2) is 10.2. The Morgan fingerprint density at radius 2 is 1.89 bits per heavy atom. The van der Waals surface area contributed by atoms with Gasteiger partial charge in [0.05, 0.1) is 41.6 Å². The Balaban J connectivity index is 1.69. The van der Waals surface area contributed by atoms with Gasteiger partial charge in [-0.25, -0.2) is 0 Å². The predicted octanol–water partition coefficient (Wildman–Crippen LogP) is 6.65. The van der Waals surface area contributed by atoms with Crippen LogP contribution in [0.1, 0.15) is 40.3 Å². The van der Waals surface area contributed by atoms with E-state index in [4.69, 9.17) is 17.0 Å². The number of pyridine rings is 1. The third-order valence-electron chi connectivity index (χ3n) is 6.92. The molecule has 2 aromatic heterocycles. The summed E-state index contributed by atoms with van der Waals surface area (Å²) >= 11 is 9.50. The summed E-state index contributed by atoms with van der Waals surface area (Å²) in [5.41, 5.74) is 6.68. The van der Waals surface area contributed by atoms with Gasteiger partial charge in [-0.15, -0.1) is 0 Å². The van der Waals surface area contributed by atoms with Crippen LogP contribution in [-0.2, 0) is 0 Å². The monoisotopic (exact) mass is 591 g/mol. The number of nitro benzene ring substituents is 1. The van der Waals surface area contributed by atoms with Gasteiger partial charge in [0.15, 0.2) is 5.11 Å². The van der Waals surface area contributed by atoms with Gasteiger partial charge in [-0.1, -0.05) is 22.0 Å². The summed E-state index contributed by atoms with van der Waals surface area (Å²) in [6.07, 6.45) is 1.79. The van der Waals surface area contributed by atoms with Crippen molar-refractivity contribution in [2.24, 2.45) is 0 Å². The van der Waals surface area contributed by atoms with E-state index in [-0.39, 0.29) is 17.8 Å². The number of aryl methyl sites for hydroxylation is 2. The first-order valence-electron chi connectivity index (χ1n) is 12.0.